The zero-order valence-corrected chi connectivity index (χ0v) is 14.5. The van der Waals surface area contributed by atoms with Crippen molar-refractivity contribution in [1.82, 2.24) is 15.0 Å². The molecular formula is C17H28N4O3. The lowest BCUT2D eigenvalue weighted by molar-refractivity contribution is -0.0602. The molecule has 0 aliphatic carbocycles. The van der Waals surface area contributed by atoms with Crippen LogP contribution in [0.1, 0.15) is 38.0 Å². The van der Waals surface area contributed by atoms with Gasteiger partial charge in [-0.05, 0) is 42.7 Å². The summed E-state index contributed by atoms with van der Waals surface area (Å²) in [6.07, 6.45) is 5.06. The van der Waals surface area contributed by atoms with E-state index in [9.17, 15) is 5.11 Å². The monoisotopic (exact) mass is 336 g/mol. The first-order valence-corrected chi connectivity index (χ1v) is 9.19. The van der Waals surface area contributed by atoms with E-state index < -0.39 is 0 Å². The fourth-order valence-electron chi connectivity index (χ4n) is 4.68. The minimum Gasteiger partial charge on any atom is -0.392 e. The molecule has 0 saturated carbocycles. The van der Waals surface area contributed by atoms with Crippen LogP contribution in [0.5, 0.6) is 0 Å². The standard InChI is InChI=1S/C17H28N4O3/c1-13-18-16(19-24-13)20-6-4-17(5-7-20)10-15(22)11-21(12-17)14-2-8-23-9-3-14/h14-15,22H,2-12H2,1H3. The van der Waals surface area contributed by atoms with Gasteiger partial charge in [-0.15, -0.1) is 0 Å². The van der Waals surface area contributed by atoms with Gasteiger partial charge in [0.05, 0.1) is 6.10 Å². The van der Waals surface area contributed by atoms with Gasteiger partial charge in [-0.3, -0.25) is 4.90 Å². The molecule has 7 heteroatoms. The number of hydrogen-bond acceptors (Lipinski definition) is 7. The van der Waals surface area contributed by atoms with Gasteiger partial charge in [0.2, 0.25) is 5.89 Å². The van der Waals surface area contributed by atoms with Crippen LogP contribution < -0.4 is 4.90 Å². The van der Waals surface area contributed by atoms with Gasteiger partial charge in [0.15, 0.2) is 0 Å². The Labute approximate surface area is 143 Å². The summed E-state index contributed by atoms with van der Waals surface area (Å²) < 4.78 is 10.6. The zero-order valence-electron chi connectivity index (χ0n) is 14.5. The molecule has 0 radical (unpaired) electrons. The third-order valence-corrected chi connectivity index (χ3v) is 5.98. The lowest BCUT2D eigenvalue weighted by Crippen LogP contribution is -2.57. The largest absolute Gasteiger partial charge is 0.392 e. The molecule has 7 nitrogen and oxygen atoms in total. The number of aliphatic hydroxyl groups excluding tert-OH is 1. The van der Waals surface area contributed by atoms with Gasteiger partial charge in [-0.2, -0.15) is 4.98 Å². The first kappa shape index (κ1) is 16.3. The van der Waals surface area contributed by atoms with Crippen molar-refractivity contribution in [2.24, 2.45) is 5.41 Å². The number of hydrogen-bond donors (Lipinski definition) is 1. The lowest BCUT2D eigenvalue weighted by atomic mass is 9.71. The van der Waals surface area contributed by atoms with Crippen LogP contribution in [0.4, 0.5) is 5.95 Å². The summed E-state index contributed by atoms with van der Waals surface area (Å²) in [5.74, 6) is 1.32. The zero-order chi connectivity index (χ0) is 16.6. The Morgan fingerprint density at radius 3 is 2.62 bits per heavy atom. The number of anilines is 1. The third-order valence-electron chi connectivity index (χ3n) is 5.98. The van der Waals surface area contributed by atoms with Gasteiger partial charge in [0.25, 0.3) is 5.95 Å². The molecule has 4 heterocycles. The summed E-state index contributed by atoms with van der Waals surface area (Å²) in [6.45, 7) is 7.34. The fourth-order valence-corrected chi connectivity index (χ4v) is 4.68. The number of piperidine rings is 2. The molecule has 3 aliphatic heterocycles. The van der Waals surface area contributed by atoms with E-state index >= 15 is 0 Å². The molecule has 3 saturated heterocycles. The Morgan fingerprint density at radius 2 is 1.96 bits per heavy atom. The Bertz CT molecular complexity index is 550. The molecule has 1 atom stereocenters. The Kier molecular flexibility index (Phi) is 4.49. The van der Waals surface area contributed by atoms with E-state index in [0.717, 1.165) is 71.5 Å². The van der Waals surface area contributed by atoms with Crippen LogP contribution in [-0.4, -0.2) is 71.7 Å². The Hall–Kier alpha value is -1.18. The molecule has 1 aromatic rings. The van der Waals surface area contributed by atoms with Crippen LogP contribution >= 0.6 is 0 Å². The Balaban J connectivity index is 1.41. The van der Waals surface area contributed by atoms with Crippen LogP contribution in [0, 0.1) is 12.3 Å². The van der Waals surface area contributed by atoms with Crippen molar-refractivity contribution in [3.8, 4) is 0 Å². The van der Waals surface area contributed by atoms with Crippen molar-refractivity contribution in [1.29, 1.82) is 0 Å². The highest BCUT2D eigenvalue weighted by Gasteiger charge is 2.43. The minimum atomic E-state index is -0.208. The molecule has 4 rings (SSSR count). The maximum Gasteiger partial charge on any atom is 0.266 e. The summed E-state index contributed by atoms with van der Waals surface area (Å²) in [4.78, 5) is 9.09. The van der Waals surface area contributed by atoms with Gasteiger partial charge in [-0.25, -0.2) is 0 Å². The average molecular weight is 336 g/mol. The Morgan fingerprint density at radius 1 is 1.21 bits per heavy atom. The number of rotatable bonds is 2. The van der Waals surface area contributed by atoms with Gasteiger partial charge >= 0.3 is 0 Å². The first-order valence-electron chi connectivity index (χ1n) is 9.19. The quantitative estimate of drug-likeness (QED) is 0.870. The fraction of sp³-hybridized carbons (Fsp3) is 0.882. The van der Waals surface area contributed by atoms with Gasteiger partial charge in [0, 0.05) is 52.4 Å². The van der Waals surface area contributed by atoms with Gasteiger partial charge in [-0.1, -0.05) is 0 Å². The number of ether oxygens (including phenoxy) is 1. The number of likely N-dealkylation sites (tertiary alicyclic amines) is 1. The van der Waals surface area contributed by atoms with Crippen LogP contribution in [0.3, 0.4) is 0 Å². The second-order valence-corrected chi connectivity index (χ2v) is 7.73. The molecule has 0 amide bonds. The van der Waals surface area contributed by atoms with E-state index in [1.807, 2.05) is 6.92 Å². The van der Waals surface area contributed by atoms with Crippen LogP contribution in [0.2, 0.25) is 0 Å². The van der Waals surface area contributed by atoms with E-state index in [0.29, 0.717) is 17.9 Å². The number of aromatic nitrogens is 2. The predicted octanol–water partition coefficient (Wildman–Crippen LogP) is 1.21. The molecule has 1 spiro atoms. The van der Waals surface area contributed by atoms with E-state index in [-0.39, 0.29) is 11.5 Å². The van der Waals surface area contributed by atoms with Crippen molar-refractivity contribution < 1.29 is 14.4 Å². The highest BCUT2D eigenvalue weighted by Crippen LogP contribution is 2.41. The molecule has 1 unspecified atom stereocenters. The van der Waals surface area contributed by atoms with Gasteiger partial charge < -0.3 is 19.3 Å². The van der Waals surface area contributed by atoms with Crippen molar-refractivity contribution in [2.45, 2.75) is 51.2 Å². The molecule has 1 N–H and O–H groups in total. The van der Waals surface area contributed by atoms with Gasteiger partial charge in [0.1, 0.15) is 0 Å². The van der Waals surface area contributed by atoms with Crippen LogP contribution in [0.25, 0.3) is 0 Å². The second kappa shape index (κ2) is 6.61. The van der Waals surface area contributed by atoms with Crippen LogP contribution in [-0.2, 0) is 4.74 Å². The van der Waals surface area contributed by atoms with E-state index in [1.165, 1.54) is 0 Å². The highest BCUT2D eigenvalue weighted by molar-refractivity contribution is 5.29. The summed E-state index contributed by atoms with van der Waals surface area (Å²) in [5.41, 5.74) is 0.227. The maximum absolute atomic E-state index is 10.5. The summed E-state index contributed by atoms with van der Waals surface area (Å²) in [6, 6.07) is 0.573. The SMILES string of the molecule is Cc1nc(N2CCC3(CC2)CC(O)CN(C2CCOCC2)C3)no1. The van der Waals surface area contributed by atoms with Crippen LogP contribution in [0.15, 0.2) is 4.52 Å². The second-order valence-electron chi connectivity index (χ2n) is 7.73. The van der Waals surface area contributed by atoms with E-state index in [4.69, 9.17) is 9.26 Å². The van der Waals surface area contributed by atoms with Crippen molar-refractivity contribution in [3.05, 3.63) is 5.89 Å². The number of aliphatic hydroxyl groups is 1. The summed E-state index contributed by atoms with van der Waals surface area (Å²) in [7, 11) is 0. The summed E-state index contributed by atoms with van der Waals surface area (Å²) >= 11 is 0. The average Bonchev–Trinajstić information content (AvgIpc) is 3.02. The van der Waals surface area contributed by atoms with Crippen molar-refractivity contribution >= 4 is 5.95 Å². The molecule has 24 heavy (non-hydrogen) atoms. The predicted molar refractivity (Wildman–Crippen MR) is 89.0 cm³/mol. The van der Waals surface area contributed by atoms with E-state index in [1.54, 1.807) is 0 Å². The number of β-amino-alcohol motifs (C(OH)–C–C–N with tert-alkyl or cyclic N) is 1. The molecule has 3 aliphatic rings. The minimum absolute atomic E-state index is 0.208. The summed E-state index contributed by atoms with van der Waals surface area (Å²) in [5, 5.41) is 14.5. The maximum atomic E-state index is 10.5. The van der Waals surface area contributed by atoms with E-state index in [2.05, 4.69) is 19.9 Å². The number of nitrogens with zero attached hydrogens (tertiary/aromatic N) is 4. The molecular weight excluding hydrogens is 308 g/mol. The third kappa shape index (κ3) is 3.30. The normalized spacial score (nSPS) is 29.2. The van der Waals surface area contributed by atoms with Crippen molar-refractivity contribution in [3.63, 3.8) is 0 Å². The highest BCUT2D eigenvalue weighted by atomic mass is 16.5. The molecule has 1 aromatic heterocycles. The number of aryl methyl sites for hydroxylation is 1. The lowest BCUT2D eigenvalue weighted by Gasteiger charge is -2.51. The molecule has 3 fully saturated rings. The molecule has 0 bridgehead atoms. The molecule has 134 valence electrons. The first-order chi connectivity index (χ1) is 11.6. The molecule has 0 aromatic carbocycles. The van der Waals surface area contributed by atoms with Crippen molar-refractivity contribution in [2.75, 3.05) is 44.3 Å². The topological polar surface area (TPSA) is 74.9 Å². The smallest absolute Gasteiger partial charge is 0.266 e.